The second-order valence-corrected chi connectivity index (χ2v) is 14.7. The Hall–Kier alpha value is -3.23. The van der Waals surface area contributed by atoms with Crippen LogP contribution in [0.25, 0.3) is 0 Å². The first-order valence-electron chi connectivity index (χ1n) is 21.4. The SMILES string of the molecule is CCCCCCCCCCCCCCCCCC(=O)NCCCCCCNC(=O)c1ccc(C(O)NCCCCCCNC(=O)c2ccccc2)cc1. The lowest BCUT2D eigenvalue weighted by atomic mass is 10.0. The van der Waals surface area contributed by atoms with E-state index in [4.69, 9.17) is 0 Å². The quantitative estimate of drug-likeness (QED) is 0.0362. The van der Waals surface area contributed by atoms with Gasteiger partial charge in [0.2, 0.25) is 5.91 Å². The number of amides is 3. The molecule has 0 saturated heterocycles. The van der Waals surface area contributed by atoms with E-state index in [1.807, 2.05) is 30.3 Å². The number of hydrogen-bond acceptors (Lipinski definition) is 5. The van der Waals surface area contributed by atoms with E-state index in [0.717, 1.165) is 76.3 Å². The molecule has 0 heterocycles. The lowest BCUT2D eigenvalue weighted by Gasteiger charge is -2.14. The van der Waals surface area contributed by atoms with Crippen molar-refractivity contribution >= 4 is 17.7 Å². The van der Waals surface area contributed by atoms with Crippen LogP contribution in [-0.2, 0) is 4.79 Å². The topological polar surface area (TPSA) is 120 Å². The molecule has 2 aromatic rings. The molecule has 53 heavy (non-hydrogen) atoms. The van der Waals surface area contributed by atoms with Gasteiger partial charge in [0, 0.05) is 37.2 Å². The van der Waals surface area contributed by atoms with Crippen LogP contribution >= 0.6 is 0 Å². The van der Waals surface area contributed by atoms with Gasteiger partial charge in [-0.3, -0.25) is 19.7 Å². The van der Waals surface area contributed by atoms with Gasteiger partial charge in [-0.05, 0) is 68.5 Å². The number of aliphatic hydroxyl groups excluding tert-OH is 1. The summed E-state index contributed by atoms with van der Waals surface area (Å²) in [6.07, 6.45) is 27.6. The highest BCUT2D eigenvalue weighted by Crippen LogP contribution is 2.15. The summed E-state index contributed by atoms with van der Waals surface area (Å²) in [6.45, 7) is 4.97. The molecule has 2 rings (SSSR count). The van der Waals surface area contributed by atoms with Gasteiger partial charge in [0.05, 0.1) is 0 Å². The summed E-state index contributed by atoms with van der Waals surface area (Å²) in [4.78, 5) is 36.8. The Morgan fingerprint density at radius 3 is 1.36 bits per heavy atom. The Labute approximate surface area is 322 Å². The predicted octanol–water partition coefficient (Wildman–Crippen LogP) is 9.93. The summed E-state index contributed by atoms with van der Waals surface area (Å²) in [5.41, 5.74) is 1.99. The predicted molar refractivity (Wildman–Crippen MR) is 220 cm³/mol. The Bertz CT molecular complexity index is 1190. The second-order valence-electron chi connectivity index (χ2n) is 14.7. The summed E-state index contributed by atoms with van der Waals surface area (Å²) >= 11 is 0. The Morgan fingerprint density at radius 2 is 0.868 bits per heavy atom. The number of aliphatic hydroxyl groups is 1. The van der Waals surface area contributed by atoms with Crippen LogP contribution in [0.1, 0.15) is 194 Å². The summed E-state index contributed by atoms with van der Waals surface area (Å²) in [5, 5.41) is 22.6. The average molecular weight is 735 g/mol. The zero-order valence-corrected chi connectivity index (χ0v) is 33.2. The van der Waals surface area contributed by atoms with E-state index in [2.05, 4.69) is 28.2 Å². The molecule has 1 atom stereocenters. The fourth-order valence-electron chi connectivity index (χ4n) is 6.55. The maximum absolute atomic E-state index is 12.6. The van der Waals surface area contributed by atoms with Crippen LogP contribution in [0.15, 0.2) is 54.6 Å². The summed E-state index contributed by atoms with van der Waals surface area (Å²) in [7, 11) is 0. The molecule has 8 nitrogen and oxygen atoms in total. The van der Waals surface area contributed by atoms with Crippen molar-refractivity contribution < 1.29 is 19.5 Å². The molecule has 0 bridgehead atoms. The van der Waals surface area contributed by atoms with E-state index in [-0.39, 0.29) is 17.7 Å². The Balaban J connectivity index is 1.35. The van der Waals surface area contributed by atoms with Crippen molar-refractivity contribution in [3.05, 3.63) is 71.3 Å². The molecule has 0 aromatic heterocycles. The van der Waals surface area contributed by atoms with E-state index in [9.17, 15) is 19.5 Å². The fraction of sp³-hybridized carbons (Fsp3) is 0.667. The molecule has 3 amide bonds. The van der Waals surface area contributed by atoms with E-state index in [1.54, 1.807) is 24.3 Å². The largest absolute Gasteiger partial charge is 0.374 e. The van der Waals surface area contributed by atoms with Gasteiger partial charge in [0.25, 0.3) is 11.8 Å². The number of rotatable bonds is 34. The third kappa shape index (κ3) is 24.7. The van der Waals surface area contributed by atoms with Crippen molar-refractivity contribution in [2.24, 2.45) is 0 Å². The van der Waals surface area contributed by atoms with Crippen LogP contribution in [-0.4, -0.2) is 49.0 Å². The Kier molecular flexibility index (Phi) is 27.9. The van der Waals surface area contributed by atoms with Gasteiger partial charge in [0.1, 0.15) is 6.23 Å². The van der Waals surface area contributed by atoms with Crippen molar-refractivity contribution in [2.75, 3.05) is 26.2 Å². The first-order valence-corrected chi connectivity index (χ1v) is 21.4. The van der Waals surface area contributed by atoms with Crippen molar-refractivity contribution in [3.8, 4) is 0 Å². The third-order valence-electron chi connectivity index (χ3n) is 9.97. The highest BCUT2D eigenvalue weighted by atomic mass is 16.3. The smallest absolute Gasteiger partial charge is 0.251 e. The zero-order chi connectivity index (χ0) is 38.0. The van der Waals surface area contributed by atoms with Gasteiger partial charge in [-0.2, -0.15) is 0 Å². The van der Waals surface area contributed by atoms with Gasteiger partial charge in [0.15, 0.2) is 0 Å². The number of carbonyl (C=O) groups is 3. The molecular formula is C45H74N4O4. The van der Waals surface area contributed by atoms with Crippen LogP contribution < -0.4 is 21.3 Å². The first kappa shape index (κ1) is 45.9. The molecule has 0 saturated carbocycles. The average Bonchev–Trinajstić information content (AvgIpc) is 3.18. The minimum atomic E-state index is -0.782. The summed E-state index contributed by atoms with van der Waals surface area (Å²) in [5.74, 6) is 0.0321. The molecule has 0 aliphatic rings. The summed E-state index contributed by atoms with van der Waals surface area (Å²) in [6, 6.07) is 16.3. The maximum Gasteiger partial charge on any atom is 0.251 e. The highest BCUT2D eigenvalue weighted by Gasteiger charge is 2.10. The van der Waals surface area contributed by atoms with Crippen molar-refractivity contribution in [1.82, 2.24) is 21.3 Å². The van der Waals surface area contributed by atoms with E-state index in [1.165, 1.54) is 83.5 Å². The van der Waals surface area contributed by atoms with E-state index >= 15 is 0 Å². The van der Waals surface area contributed by atoms with Crippen molar-refractivity contribution in [3.63, 3.8) is 0 Å². The van der Waals surface area contributed by atoms with Gasteiger partial charge < -0.3 is 21.1 Å². The number of hydrogen-bond donors (Lipinski definition) is 5. The highest BCUT2D eigenvalue weighted by molar-refractivity contribution is 5.94. The van der Waals surface area contributed by atoms with Crippen LogP contribution in [0.2, 0.25) is 0 Å². The van der Waals surface area contributed by atoms with Crippen molar-refractivity contribution in [2.45, 2.75) is 167 Å². The van der Waals surface area contributed by atoms with Gasteiger partial charge >= 0.3 is 0 Å². The van der Waals surface area contributed by atoms with E-state index < -0.39 is 6.23 Å². The second kappa shape index (κ2) is 32.2. The molecule has 2 aromatic carbocycles. The minimum absolute atomic E-state index is 0.0382. The minimum Gasteiger partial charge on any atom is -0.374 e. The van der Waals surface area contributed by atoms with Gasteiger partial charge in [-0.25, -0.2) is 0 Å². The van der Waals surface area contributed by atoms with Crippen LogP contribution in [0.3, 0.4) is 0 Å². The molecule has 0 fully saturated rings. The molecule has 8 heteroatoms. The first-order chi connectivity index (χ1) is 26.0. The molecule has 5 N–H and O–H groups in total. The van der Waals surface area contributed by atoms with Crippen molar-refractivity contribution in [1.29, 1.82) is 0 Å². The maximum atomic E-state index is 12.6. The molecular weight excluding hydrogens is 661 g/mol. The molecule has 298 valence electrons. The Morgan fingerprint density at radius 1 is 0.472 bits per heavy atom. The van der Waals surface area contributed by atoms with Gasteiger partial charge in [-0.15, -0.1) is 0 Å². The number of nitrogens with one attached hydrogen (secondary N) is 4. The van der Waals surface area contributed by atoms with E-state index in [0.29, 0.717) is 37.2 Å². The molecule has 0 aliphatic carbocycles. The van der Waals surface area contributed by atoms with Crippen LogP contribution in [0.5, 0.6) is 0 Å². The molecule has 0 radical (unpaired) electrons. The third-order valence-corrected chi connectivity index (χ3v) is 9.97. The number of unbranched alkanes of at least 4 members (excludes halogenated alkanes) is 20. The molecule has 0 spiro atoms. The molecule has 0 aliphatic heterocycles. The van der Waals surface area contributed by atoms with Crippen LogP contribution in [0.4, 0.5) is 0 Å². The monoisotopic (exact) mass is 735 g/mol. The lowest BCUT2D eigenvalue weighted by molar-refractivity contribution is -0.121. The normalized spacial score (nSPS) is 11.7. The lowest BCUT2D eigenvalue weighted by Crippen LogP contribution is -2.25. The zero-order valence-electron chi connectivity index (χ0n) is 33.2. The van der Waals surface area contributed by atoms with Gasteiger partial charge in [-0.1, -0.05) is 153 Å². The number of carbonyl (C=O) groups excluding carboxylic acids is 3. The standard InChI is InChI=1S/C45H74N4O4/c1-2-3-4-5-6-7-8-9-10-11-12-13-14-15-23-30-42(50)46-35-24-16-17-25-37-48-44(52)40-31-33-41(34-32-40)45(53)49-38-27-19-18-26-36-47-43(51)39-28-21-20-22-29-39/h20-22,28-29,31-34,45,49,53H,2-19,23-27,30,35-38H2,1H3,(H,46,50)(H,47,51)(H,48,52). The van der Waals surface area contributed by atoms with Crippen LogP contribution in [0, 0.1) is 0 Å². The summed E-state index contributed by atoms with van der Waals surface area (Å²) < 4.78 is 0. The fourth-order valence-corrected chi connectivity index (χ4v) is 6.55. The number of benzene rings is 2. The molecule has 1 unspecified atom stereocenters.